The molecule has 4 aliphatic carbocycles. The zero-order chi connectivity index (χ0) is 21.7. The van der Waals surface area contributed by atoms with Crippen LogP contribution in [-0.4, -0.2) is 23.0 Å². The van der Waals surface area contributed by atoms with Crippen molar-refractivity contribution >= 4 is 34.4 Å². The second-order valence-corrected chi connectivity index (χ2v) is 11.5. The molecular formula is C26H32N2O2. The minimum Gasteiger partial charge on any atom is -0.292 e. The van der Waals surface area contributed by atoms with Crippen molar-refractivity contribution in [3.05, 3.63) is 24.3 Å². The maximum absolute atomic E-state index is 13.1. The van der Waals surface area contributed by atoms with Crippen LogP contribution in [0.3, 0.4) is 0 Å². The van der Waals surface area contributed by atoms with Gasteiger partial charge in [-0.3, -0.25) is 9.59 Å². The highest BCUT2D eigenvalue weighted by atomic mass is 16.1. The van der Waals surface area contributed by atoms with Crippen LogP contribution in [0.1, 0.15) is 67.2 Å². The van der Waals surface area contributed by atoms with Gasteiger partial charge in [-0.2, -0.15) is 0 Å². The van der Waals surface area contributed by atoms with E-state index in [4.69, 9.17) is 9.98 Å². The molecule has 158 valence electrons. The fraction of sp³-hybridized carbons (Fsp3) is 0.615. The highest BCUT2D eigenvalue weighted by Gasteiger charge is 2.66. The third-order valence-corrected chi connectivity index (χ3v) is 9.91. The quantitative estimate of drug-likeness (QED) is 0.618. The van der Waals surface area contributed by atoms with Crippen molar-refractivity contribution in [3.63, 3.8) is 0 Å². The summed E-state index contributed by atoms with van der Waals surface area (Å²) in [6, 6.07) is 7.70. The maximum Gasteiger partial charge on any atom is 0.183 e. The van der Waals surface area contributed by atoms with Crippen molar-refractivity contribution in [1.82, 2.24) is 0 Å². The number of carbonyl (C=O) groups is 2. The largest absolute Gasteiger partial charge is 0.292 e. The molecule has 0 radical (unpaired) electrons. The van der Waals surface area contributed by atoms with E-state index in [-0.39, 0.29) is 45.1 Å². The van der Waals surface area contributed by atoms with Gasteiger partial charge in [-0.25, -0.2) is 9.98 Å². The molecule has 4 fully saturated rings. The van der Waals surface area contributed by atoms with Crippen LogP contribution < -0.4 is 0 Å². The molecule has 1 aromatic rings. The molecule has 0 saturated heterocycles. The van der Waals surface area contributed by atoms with Gasteiger partial charge in [0.15, 0.2) is 11.6 Å². The third kappa shape index (κ3) is 2.18. The second kappa shape index (κ2) is 5.77. The van der Waals surface area contributed by atoms with Crippen LogP contribution in [0.2, 0.25) is 0 Å². The Hall–Kier alpha value is -2.10. The summed E-state index contributed by atoms with van der Waals surface area (Å²) in [4.78, 5) is 35.9. The fourth-order valence-corrected chi connectivity index (χ4v) is 6.82. The van der Waals surface area contributed by atoms with Crippen LogP contribution in [0.25, 0.3) is 0 Å². The van der Waals surface area contributed by atoms with Gasteiger partial charge in [0.05, 0.1) is 22.8 Å². The van der Waals surface area contributed by atoms with Crippen molar-refractivity contribution in [2.75, 3.05) is 0 Å². The molecule has 4 heteroatoms. The second-order valence-electron chi connectivity index (χ2n) is 11.5. The van der Waals surface area contributed by atoms with Gasteiger partial charge < -0.3 is 0 Å². The van der Waals surface area contributed by atoms with E-state index in [0.29, 0.717) is 0 Å². The summed E-state index contributed by atoms with van der Waals surface area (Å²) in [6.45, 7) is 13.0. The Labute approximate surface area is 179 Å². The molecule has 30 heavy (non-hydrogen) atoms. The van der Waals surface area contributed by atoms with Crippen LogP contribution in [0.15, 0.2) is 34.3 Å². The van der Waals surface area contributed by atoms with Gasteiger partial charge in [0.2, 0.25) is 0 Å². The summed E-state index contributed by atoms with van der Waals surface area (Å²) < 4.78 is 0. The molecule has 4 aliphatic rings. The van der Waals surface area contributed by atoms with Gasteiger partial charge in [0.1, 0.15) is 0 Å². The van der Waals surface area contributed by atoms with Gasteiger partial charge in [0, 0.05) is 22.7 Å². The van der Waals surface area contributed by atoms with E-state index >= 15 is 0 Å². The number of benzene rings is 1. The molecule has 0 aromatic heterocycles. The minimum absolute atomic E-state index is 0.0444. The minimum atomic E-state index is -0.301. The topological polar surface area (TPSA) is 58.9 Å². The standard InChI is InChI=1S/C26H32N2O2/c1-23(2)17-10-12-25(23,5)21(29)19(17)27-15-8-7-9-16(14-15)28-20-18-11-13-26(6,22(20)30)24(18,3)4/h7-9,14,17-18H,10-13H2,1-6H3. The Kier molecular flexibility index (Phi) is 3.82. The molecule has 0 amide bonds. The number of rotatable bonds is 2. The number of Topliss-reactive ketones (excluding diaryl/α,β-unsaturated/α-hetero) is 2. The normalized spacial score (nSPS) is 40.9. The van der Waals surface area contributed by atoms with Gasteiger partial charge in [-0.15, -0.1) is 0 Å². The van der Waals surface area contributed by atoms with Crippen molar-refractivity contribution < 1.29 is 9.59 Å². The van der Waals surface area contributed by atoms with E-state index in [1.54, 1.807) is 0 Å². The highest BCUT2D eigenvalue weighted by Crippen LogP contribution is 2.63. The Balaban J connectivity index is 1.50. The Morgan fingerprint density at radius 3 is 1.47 bits per heavy atom. The average Bonchev–Trinajstić information content (AvgIpc) is 3.16. The lowest BCUT2D eigenvalue weighted by Gasteiger charge is -2.31. The van der Waals surface area contributed by atoms with E-state index in [0.717, 1.165) is 48.5 Å². The van der Waals surface area contributed by atoms with Crippen molar-refractivity contribution in [3.8, 4) is 0 Å². The van der Waals surface area contributed by atoms with Crippen LogP contribution in [0.4, 0.5) is 11.4 Å². The predicted molar refractivity (Wildman–Crippen MR) is 120 cm³/mol. The van der Waals surface area contributed by atoms with E-state index in [2.05, 4.69) is 41.5 Å². The van der Waals surface area contributed by atoms with E-state index in [1.165, 1.54) is 0 Å². The number of aliphatic imine (C=N–C) groups is 2. The molecule has 0 spiro atoms. The molecule has 0 heterocycles. The monoisotopic (exact) mass is 404 g/mol. The first-order chi connectivity index (χ1) is 13.9. The lowest BCUT2D eigenvalue weighted by Crippen LogP contribution is -2.33. The van der Waals surface area contributed by atoms with Crippen LogP contribution in [0.5, 0.6) is 0 Å². The maximum atomic E-state index is 13.1. The number of hydrogen-bond acceptors (Lipinski definition) is 4. The van der Waals surface area contributed by atoms with Crippen molar-refractivity contribution in [2.24, 2.45) is 43.5 Å². The van der Waals surface area contributed by atoms with Crippen molar-refractivity contribution in [1.29, 1.82) is 0 Å². The molecule has 1 aromatic carbocycles. The summed E-state index contributed by atoms with van der Waals surface area (Å²) in [6.07, 6.45) is 3.96. The van der Waals surface area contributed by atoms with Crippen LogP contribution in [0, 0.1) is 33.5 Å². The fourth-order valence-electron chi connectivity index (χ4n) is 6.82. The Bertz CT molecular complexity index is 968. The van der Waals surface area contributed by atoms with Crippen LogP contribution >= 0.6 is 0 Å². The summed E-state index contributed by atoms with van der Waals surface area (Å²) in [5.74, 6) is 0.854. The summed E-state index contributed by atoms with van der Waals surface area (Å²) >= 11 is 0. The smallest absolute Gasteiger partial charge is 0.183 e. The molecule has 5 rings (SSSR count). The number of hydrogen-bond donors (Lipinski definition) is 0. The molecule has 0 aliphatic heterocycles. The van der Waals surface area contributed by atoms with Gasteiger partial charge >= 0.3 is 0 Å². The van der Waals surface area contributed by atoms with Crippen LogP contribution in [-0.2, 0) is 9.59 Å². The lowest BCUT2D eigenvalue weighted by molar-refractivity contribution is -0.124. The molecule has 4 atom stereocenters. The molecule has 4 saturated carbocycles. The lowest BCUT2D eigenvalue weighted by atomic mass is 9.70. The number of ketones is 2. The number of carbonyl (C=O) groups excluding carboxylic acids is 2. The molecule has 4 bridgehead atoms. The van der Waals surface area contributed by atoms with E-state index in [1.807, 2.05) is 24.3 Å². The molecule has 4 nitrogen and oxygen atoms in total. The van der Waals surface area contributed by atoms with Crippen molar-refractivity contribution in [2.45, 2.75) is 67.2 Å². The number of nitrogens with zero attached hydrogens (tertiary/aromatic N) is 2. The Morgan fingerprint density at radius 1 is 0.733 bits per heavy atom. The highest BCUT2D eigenvalue weighted by molar-refractivity contribution is 6.46. The number of fused-ring (bicyclic) bond motifs is 4. The average molecular weight is 405 g/mol. The van der Waals surface area contributed by atoms with Gasteiger partial charge in [-0.05, 0) is 54.7 Å². The predicted octanol–water partition coefficient (Wildman–Crippen LogP) is 5.88. The third-order valence-electron chi connectivity index (χ3n) is 9.91. The first-order valence-electron chi connectivity index (χ1n) is 11.3. The summed E-state index contributed by atoms with van der Waals surface area (Å²) in [7, 11) is 0. The molecular weight excluding hydrogens is 372 g/mol. The zero-order valence-corrected chi connectivity index (χ0v) is 19.0. The molecule has 0 N–H and O–H groups in total. The van der Waals surface area contributed by atoms with Gasteiger partial charge in [0.25, 0.3) is 0 Å². The van der Waals surface area contributed by atoms with E-state index in [9.17, 15) is 9.59 Å². The SMILES string of the molecule is CC12CCC(C(=Nc3cccc(N=C4C(=O)C5(C)CCC4C5(C)C)c3)C1=O)C2(C)C. The first kappa shape index (κ1) is 19.8. The summed E-state index contributed by atoms with van der Waals surface area (Å²) in [5, 5.41) is 0. The van der Waals surface area contributed by atoms with Gasteiger partial charge in [-0.1, -0.05) is 47.6 Å². The van der Waals surface area contributed by atoms with E-state index < -0.39 is 0 Å². The summed E-state index contributed by atoms with van der Waals surface area (Å²) in [5.41, 5.74) is 2.28. The molecule has 4 unspecified atom stereocenters. The first-order valence-corrected chi connectivity index (χ1v) is 11.3. The Morgan fingerprint density at radius 2 is 1.13 bits per heavy atom. The zero-order valence-electron chi connectivity index (χ0n) is 19.0.